The Bertz CT molecular complexity index is 348. The maximum atomic E-state index is 4.12. The van der Waals surface area contributed by atoms with Crippen molar-refractivity contribution in [3.05, 3.63) is 47.8 Å². The molecule has 0 saturated carbocycles. The first-order valence-electron chi connectivity index (χ1n) is 4.14. The highest BCUT2D eigenvalue weighted by Gasteiger charge is 2.03. The zero-order valence-electron chi connectivity index (χ0n) is 7.12. The van der Waals surface area contributed by atoms with E-state index in [-0.39, 0.29) is 0 Å². The molecule has 0 aliphatic heterocycles. The van der Waals surface area contributed by atoms with Crippen molar-refractivity contribution in [3.63, 3.8) is 0 Å². The van der Waals surface area contributed by atoms with Crippen LogP contribution in [0.3, 0.4) is 0 Å². The van der Waals surface area contributed by atoms with Crippen LogP contribution in [0.5, 0.6) is 0 Å². The zero-order chi connectivity index (χ0) is 8.39. The van der Waals surface area contributed by atoms with Gasteiger partial charge in [0.1, 0.15) is 0 Å². The van der Waals surface area contributed by atoms with Crippen molar-refractivity contribution in [2.24, 2.45) is 0 Å². The van der Waals surface area contributed by atoms with Gasteiger partial charge in [0, 0.05) is 12.4 Å². The highest BCUT2D eigenvalue weighted by Crippen LogP contribution is 2.20. The number of pyridine rings is 1. The summed E-state index contributed by atoms with van der Waals surface area (Å²) in [4.78, 5) is 4.12. The summed E-state index contributed by atoms with van der Waals surface area (Å²) < 4.78 is 0. The van der Waals surface area contributed by atoms with Crippen molar-refractivity contribution in [1.82, 2.24) is 4.98 Å². The third kappa shape index (κ3) is 1.18. The van der Waals surface area contributed by atoms with Crippen LogP contribution in [0.4, 0.5) is 0 Å². The van der Waals surface area contributed by atoms with Crippen LogP contribution in [0.15, 0.2) is 36.7 Å². The number of allylic oxidation sites excluding steroid dienone is 4. The molecule has 1 nitrogen and oxygen atoms in total. The molecule has 1 heterocycles. The van der Waals surface area contributed by atoms with Crippen molar-refractivity contribution in [2.75, 3.05) is 0 Å². The van der Waals surface area contributed by atoms with Gasteiger partial charge in [-0.2, -0.15) is 0 Å². The molecule has 2 rings (SSSR count). The monoisotopic (exact) mass is 157 g/mol. The molecule has 0 saturated heterocycles. The van der Waals surface area contributed by atoms with E-state index in [1.165, 1.54) is 16.7 Å². The van der Waals surface area contributed by atoms with Crippen LogP contribution in [0, 0.1) is 0 Å². The second-order valence-corrected chi connectivity index (χ2v) is 3.01. The lowest BCUT2D eigenvalue weighted by atomic mass is 10.0. The Morgan fingerprint density at radius 3 is 3.25 bits per heavy atom. The number of fused-ring (bicyclic) bond motifs is 1. The highest BCUT2D eigenvalue weighted by molar-refractivity contribution is 5.68. The van der Waals surface area contributed by atoms with Crippen molar-refractivity contribution < 1.29 is 0 Å². The van der Waals surface area contributed by atoms with Gasteiger partial charge in [-0.15, -0.1) is 0 Å². The van der Waals surface area contributed by atoms with Gasteiger partial charge in [0.05, 0.1) is 0 Å². The minimum Gasteiger partial charge on any atom is -0.264 e. The van der Waals surface area contributed by atoms with Crippen LogP contribution >= 0.6 is 0 Å². The lowest BCUT2D eigenvalue weighted by molar-refractivity contribution is 1.19. The van der Waals surface area contributed by atoms with Crippen molar-refractivity contribution in [3.8, 4) is 0 Å². The molecule has 0 radical (unpaired) electrons. The fourth-order valence-electron chi connectivity index (χ4n) is 1.45. The molecule has 1 heteroatoms. The number of hydrogen-bond acceptors (Lipinski definition) is 1. The largest absolute Gasteiger partial charge is 0.264 e. The lowest BCUT2D eigenvalue weighted by Gasteiger charge is -2.04. The third-order valence-corrected chi connectivity index (χ3v) is 2.16. The molecule has 1 aromatic heterocycles. The van der Waals surface area contributed by atoms with E-state index in [0.29, 0.717) is 0 Å². The van der Waals surface area contributed by atoms with E-state index in [1.807, 2.05) is 12.4 Å². The summed E-state index contributed by atoms with van der Waals surface area (Å²) in [6, 6.07) is 2.09. The van der Waals surface area contributed by atoms with E-state index >= 15 is 0 Å². The van der Waals surface area contributed by atoms with E-state index in [2.05, 4.69) is 36.2 Å². The van der Waals surface area contributed by atoms with Crippen molar-refractivity contribution in [1.29, 1.82) is 0 Å². The van der Waals surface area contributed by atoms with Crippen LogP contribution in [0.25, 0.3) is 5.57 Å². The van der Waals surface area contributed by atoms with Gasteiger partial charge in [-0.05, 0) is 36.1 Å². The maximum absolute atomic E-state index is 4.12. The van der Waals surface area contributed by atoms with E-state index in [1.54, 1.807) is 0 Å². The third-order valence-electron chi connectivity index (χ3n) is 2.16. The fraction of sp³-hybridized carbons (Fsp3) is 0.182. The second-order valence-electron chi connectivity index (χ2n) is 3.01. The van der Waals surface area contributed by atoms with Gasteiger partial charge >= 0.3 is 0 Å². The van der Waals surface area contributed by atoms with Crippen LogP contribution in [0.2, 0.25) is 0 Å². The standard InChI is InChI=1S/C11H11N/c1-9-4-2-3-5-10-6-7-12-8-11(9)10/h2-4,6-8H,5H2,1H3. The average molecular weight is 157 g/mol. The molecule has 0 spiro atoms. The predicted octanol–water partition coefficient (Wildman–Crippen LogP) is 2.60. The fourth-order valence-corrected chi connectivity index (χ4v) is 1.45. The first-order valence-corrected chi connectivity index (χ1v) is 4.14. The lowest BCUT2D eigenvalue weighted by Crippen LogP contribution is -1.89. The summed E-state index contributed by atoms with van der Waals surface area (Å²) in [5.74, 6) is 0. The molecule has 1 aromatic rings. The summed E-state index contributed by atoms with van der Waals surface area (Å²) in [6.45, 7) is 2.12. The maximum Gasteiger partial charge on any atom is 0.0345 e. The smallest absolute Gasteiger partial charge is 0.0345 e. The number of nitrogens with zero attached hydrogens (tertiary/aromatic N) is 1. The Kier molecular flexibility index (Phi) is 1.78. The van der Waals surface area contributed by atoms with Crippen molar-refractivity contribution in [2.45, 2.75) is 13.3 Å². The molecule has 1 aliphatic carbocycles. The second kappa shape index (κ2) is 2.94. The van der Waals surface area contributed by atoms with Crippen LogP contribution < -0.4 is 0 Å². The number of aromatic nitrogens is 1. The minimum atomic E-state index is 1.02. The molecule has 0 bridgehead atoms. The number of rotatable bonds is 0. The molecular formula is C11H11N. The van der Waals surface area contributed by atoms with Gasteiger partial charge in [-0.1, -0.05) is 18.2 Å². The van der Waals surface area contributed by atoms with Gasteiger partial charge in [-0.3, -0.25) is 4.98 Å². The molecule has 0 unspecified atom stereocenters. The molecule has 0 N–H and O–H groups in total. The summed E-state index contributed by atoms with van der Waals surface area (Å²) in [5, 5.41) is 0. The average Bonchev–Trinajstić information content (AvgIpc) is 2.29. The van der Waals surface area contributed by atoms with E-state index in [0.717, 1.165) is 6.42 Å². The first kappa shape index (κ1) is 7.29. The Morgan fingerprint density at radius 2 is 2.33 bits per heavy atom. The van der Waals surface area contributed by atoms with Gasteiger partial charge in [0.25, 0.3) is 0 Å². The van der Waals surface area contributed by atoms with Gasteiger partial charge in [0.2, 0.25) is 0 Å². The summed E-state index contributed by atoms with van der Waals surface area (Å²) in [5.41, 5.74) is 3.95. The quantitative estimate of drug-likeness (QED) is 0.564. The zero-order valence-corrected chi connectivity index (χ0v) is 7.12. The Balaban J connectivity index is 2.58. The molecule has 0 atom stereocenters. The molecule has 12 heavy (non-hydrogen) atoms. The molecule has 0 fully saturated rings. The topological polar surface area (TPSA) is 12.9 Å². The molecule has 1 aliphatic rings. The Hall–Kier alpha value is -1.37. The summed E-state index contributed by atoms with van der Waals surface area (Å²) in [6.07, 6.45) is 11.2. The Morgan fingerprint density at radius 1 is 1.42 bits per heavy atom. The van der Waals surface area contributed by atoms with Crippen molar-refractivity contribution >= 4 is 5.57 Å². The van der Waals surface area contributed by atoms with Crippen LogP contribution in [-0.4, -0.2) is 4.98 Å². The highest BCUT2D eigenvalue weighted by atomic mass is 14.6. The van der Waals surface area contributed by atoms with Gasteiger partial charge in [0.15, 0.2) is 0 Å². The summed E-state index contributed by atoms with van der Waals surface area (Å²) >= 11 is 0. The van der Waals surface area contributed by atoms with E-state index in [9.17, 15) is 0 Å². The minimum absolute atomic E-state index is 1.02. The normalized spacial score (nSPS) is 14.9. The van der Waals surface area contributed by atoms with Crippen LogP contribution in [-0.2, 0) is 6.42 Å². The SMILES string of the molecule is CC1=CC=CCc2ccncc21. The molecular weight excluding hydrogens is 146 g/mol. The van der Waals surface area contributed by atoms with Gasteiger partial charge in [-0.25, -0.2) is 0 Å². The number of hydrogen-bond donors (Lipinski definition) is 0. The molecule has 0 aromatic carbocycles. The summed E-state index contributed by atoms with van der Waals surface area (Å²) in [7, 11) is 0. The molecule has 0 amide bonds. The predicted molar refractivity (Wildman–Crippen MR) is 50.7 cm³/mol. The van der Waals surface area contributed by atoms with E-state index in [4.69, 9.17) is 0 Å². The van der Waals surface area contributed by atoms with E-state index < -0.39 is 0 Å². The first-order chi connectivity index (χ1) is 5.88. The Labute approximate surface area is 72.5 Å². The van der Waals surface area contributed by atoms with Gasteiger partial charge < -0.3 is 0 Å². The molecule has 60 valence electrons. The van der Waals surface area contributed by atoms with Crippen LogP contribution in [0.1, 0.15) is 18.1 Å².